The van der Waals surface area contributed by atoms with E-state index in [2.05, 4.69) is 27.1 Å². The molecule has 0 amide bonds. The molecule has 0 aromatic carbocycles. The summed E-state index contributed by atoms with van der Waals surface area (Å²) in [4.78, 5) is 8.86. The van der Waals surface area contributed by atoms with Crippen LogP contribution in [0.25, 0.3) is 0 Å². The number of hydrogen-bond donors (Lipinski definition) is 0. The van der Waals surface area contributed by atoms with Crippen molar-refractivity contribution in [3.05, 3.63) is 33.9 Å². The molecule has 1 rings (SSSR count). The summed E-state index contributed by atoms with van der Waals surface area (Å²) in [6, 6.07) is 3.81. The molecule has 1 heterocycles. The smallest absolute Gasteiger partial charge is 0.160 e. The average Bonchev–Trinajstić information content (AvgIpc) is 2.46. The molecular weight excluding hydrogens is 248 g/mol. The second-order valence-corrected chi connectivity index (χ2v) is 4.35. The molecule has 0 spiro atoms. The third kappa shape index (κ3) is 4.18. The van der Waals surface area contributed by atoms with E-state index >= 15 is 0 Å². The predicted molar refractivity (Wildman–Crippen MR) is 73.8 cm³/mol. The number of hydrogen-bond acceptors (Lipinski definition) is 4. The van der Waals surface area contributed by atoms with Gasteiger partial charge in [0, 0.05) is 12.7 Å². The van der Waals surface area contributed by atoms with Crippen LogP contribution in [-0.2, 0) is 6.42 Å². The summed E-state index contributed by atoms with van der Waals surface area (Å²) in [6.07, 6.45) is 1.54. The quantitative estimate of drug-likeness (QED) is 0.771. The van der Waals surface area contributed by atoms with Crippen LogP contribution in [0.2, 0.25) is 5.15 Å². The molecule has 0 N–H and O–H groups in total. The van der Waals surface area contributed by atoms with Crippen molar-refractivity contribution in [2.75, 3.05) is 7.05 Å². The molecule has 0 radical (unpaired) electrons. The summed E-state index contributed by atoms with van der Waals surface area (Å²) < 4.78 is 0. The Balaban J connectivity index is 3.42. The van der Waals surface area contributed by atoms with Crippen LogP contribution >= 0.6 is 11.6 Å². The second-order valence-electron chi connectivity index (χ2n) is 3.96. The first kappa shape index (κ1) is 14.8. The van der Waals surface area contributed by atoms with E-state index in [-0.39, 0.29) is 6.17 Å². The van der Waals surface area contributed by atoms with Crippen LogP contribution in [-0.4, -0.2) is 18.2 Å². The Morgan fingerprint density at radius 1 is 1.33 bits per heavy atom. The minimum absolute atomic E-state index is 0.138. The Morgan fingerprint density at radius 3 is 2.61 bits per heavy atom. The van der Waals surface area contributed by atoms with Crippen LogP contribution in [0.15, 0.2) is 27.4 Å². The highest BCUT2D eigenvalue weighted by Crippen LogP contribution is 2.06. The maximum absolute atomic E-state index is 6.02. The van der Waals surface area contributed by atoms with E-state index in [1.165, 1.54) is 0 Å². The predicted octanol–water partition coefficient (Wildman–Crippen LogP) is 3.32. The van der Waals surface area contributed by atoms with Gasteiger partial charge in [-0.2, -0.15) is 10.2 Å². The van der Waals surface area contributed by atoms with Crippen molar-refractivity contribution < 1.29 is 0 Å². The molecule has 18 heavy (non-hydrogen) atoms. The Hall–Kier alpha value is -1.29. The van der Waals surface area contributed by atoms with Crippen molar-refractivity contribution in [2.24, 2.45) is 15.2 Å². The van der Waals surface area contributed by atoms with E-state index in [9.17, 15) is 0 Å². The monoisotopic (exact) mass is 266 g/mol. The van der Waals surface area contributed by atoms with Gasteiger partial charge in [-0.15, -0.1) is 0 Å². The highest BCUT2D eigenvalue weighted by atomic mass is 35.5. The van der Waals surface area contributed by atoms with E-state index in [1.54, 1.807) is 7.05 Å². The van der Waals surface area contributed by atoms with E-state index in [0.29, 0.717) is 5.15 Å². The zero-order valence-corrected chi connectivity index (χ0v) is 12.1. The number of halogens is 1. The van der Waals surface area contributed by atoms with Crippen molar-refractivity contribution >= 4 is 11.6 Å². The van der Waals surface area contributed by atoms with E-state index < -0.39 is 0 Å². The number of nitrogens with zero attached hydrogens (tertiary/aromatic N) is 4. The van der Waals surface area contributed by atoms with Gasteiger partial charge >= 0.3 is 0 Å². The Kier molecular flexibility index (Phi) is 5.92. The highest BCUT2D eigenvalue weighted by Gasteiger charge is 2.02. The van der Waals surface area contributed by atoms with Gasteiger partial charge < -0.3 is 0 Å². The first-order valence-corrected chi connectivity index (χ1v) is 6.48. The lowest BCUT2D eigenvalue weighted by molar-refractivity contribution is 0.630. The van der Waals surface area contributed by atoms with Crippen LogP contribution in [0, 0.1) is 6.92 Å². The van der Waals surface area contributed by atoms with E-state index in [0.717, 1.165) is 29.5 Å². The summed E-state index contributed by atoms with van der Waals surface area (Å²) in [6.45, 7) is 6.02. The van der Waals surface area contributed by atoms with Gasteiger partial charge in [0.15, 0.2) is 6.17 Å². The zero-order valence-electron chi connectivity index (χ0n) is 11.3. The molecular formula is C13H19ClN4. The fourth-order valence-electron chi connectivity index (χ4n) is 1.64. The van der Waals surface area contributed by atoms with Gasteiger partial charge in [-0.05, 0) is 37.5 Å². The minimum Gasteiger partial charge on any atom is -0.256 e. The first-order valence-electron chi connectivity index (χ1n) is 6.10. The van der Waals surface area contributed by atoms with Gasteiger partial charge in [0.25, 0.3) is 0 Å². The Labute approximate surface area is 113 Å². The molecule has 1 atom stereocenters. The van der Waals surface area contributed by atoms with Crippen LogP contribution in [0.4, 0.5) is 0 Å². The maximum atomic E-state index is 6.02. The Bertz CT molecular complexity index is 497. The molecule has 5 heteroatoms. The minimum atomic E-state index is -0.138. The largest absolute Gasteiger partial charge is 0.256 e. The molecule has 98 valence electrons. The molecule has 1 unspecified atom stereocenters. The summed E-state index contributed by atoms with van der Waals surface area (Å²) in [5, 5.41) is 9.29. The molecule has 4 nitrogen and oxygen atoms in total. The third-order valence-electron chi connectivity index (χ3n) is 2.53. The van der Waals surface area contributed by atoms with Crippen molar-refractivity contribution in [3.63, 3.8) is 0 Å². The molecule has 0 saturated carbocycles. The fraction of sp³-hybridized carbons (Fsp3) is 0.538. The van der Waals surface area contributed by atoms with Gasteiger partial charge in [0.2, 0.25) is 0 Å². The lowest BCUT2D eigenvalue weighted by Crippen LogP contribution is -2.12. The average molecular weight is 267 g/mol. The number of aromatic nitrogens is 1. The summed E-state index contributed by atoms with van der Waals surface area (Å²) >= 11 is 6.02. The van der Waals surface area contributed by atoms with Gasteiger partial charge in [0.1, 0.15) is 5.15 Å². The SMILES string of the molecule is CCc1cc(Cl)nc(C)cc1=NC(CC)N=NC. The number of aryl methyl sites for hydroxylation is 2. The molecule has 1 aromatic rings. The van der Waals surface area contributed by atoms with Crippen LogP contribution < -0.4 is 5.36 Å². The molecule has 0 aliphatic rings. The first-order chi connectivity index (χ1) is 8.60. The maximum Gasteiger partial charge on any atom is 0.160 e. The molecule has 0 fully saturated rings. The lowest BCUT2D eigenvalue weighted by atomic mass is 10.2. The van der Waals surface area contributed by atoms with Crippen LogP contribution in [0.1, 0.15) is 31.5 Å². The zero-order chi connectivity index (χ0) is 13.5. The van der Waals surface area contributed by atoms with Gasteiger partial charge in [0.05, 0.1) is 5.36 Å². The molecule has 0 aliphatic carbocycles. The third-order valence-corrected chi connectivity index (χ3v) is 2.73. The lowest BCUT2D eigenvalue weighted by Gasteiger charge is -2.01. The van der Waals surface area contributed by atoms with Crippen molar-refractivity contribution in [3.8, 4) is 0 Å². The molecule has 1 aromatic heterocycles. The Morgan fingerprint density at radius 2 is 2.06 bits per heavy atom. The van der Waals surface area contributed by atoms with Crippen LogP contribution in [0.3, 0.4) is 0 Å². The number of azo groups is 1. The molecule has 0 aliphatic heterocycles. The van der Waals surface area contributed by atoms with Crippen LogP contribution in [0.5, 0.6) is 0 Å². The van der Waals surface area contributed by atoms with Gasteiger partial charge in [-0.25, -0.2) is 4.98 Å². The van der Waals surface area contributed by atoms with Gasteiger partial charge in [-0.3, -0.25) is 4.99 Å². The highest BCUT2D eigenvalue weighted by molar-refractivity contribution is 6.29. The normalized spacial score (nSPS) is 14.2. The van der Waals surface area contributed by atoms with Crippen molar-refractivity contribution in [1.29, 1.82) is 0 Å². The summed E-state index contributed by atoms with van der Waals surface area (Å²) in [5.74, 6) is 0. The van der Waals surface area contributed by atoms with E-state index in [1.807, 2.05) is 26.0 Å². The number of rotatable bonds is 4. The topological polar surface area (TPSA) is 50.0 Å². The van der Waals surface area contributed by atoms with Crippen molar-refractivity contribution in [1.82, 2.24) is 4.98 Å². The fourth-order valence-corrected chi connectivity index (χ4v) is 1.90. The summed E-state index contributed by atoms with van der Waals surface area (Å²) in [5.41, 5.74) is 1.92. The van der Waals surface area contributed by atoms with Gasteiger partial charge in [-0.1, -0.05) is 25.4 Å². The van der Waals surface area contributed by atoms with Crippen molar-refractivity contribution in [2.45, 2.75) is 39.8 Å². The standard InChI is InChI=1S/C13H19ClN4/c1-5-10-8-12(14)16-9(3)7-11(10)17-13(6-2)18-15-4/h7-8,13H,5-6H2,1-4H3. The molecule has 0 bridgehead atoms. The van der Waals surface area contributed by atoms with E-state index in [4.69, 9.17) is 11.6 Å². The molecule has 0 saturated heterocycles. The summed E-state index contributed by atoms with van der Waals surface area (Å²) in [7, 11) is 1.66. The second kappa shape index (κ2) is 7.21.